The van der Waals surface area contributed by atoms with Crippen molar-refractivity contribution in [2.24, 2.45) is 0 Å². The largest absolute Gasteiger partial charge is 0.405 e. The van der Waals surface area contributed by atoms with E-state index < -0.39 is 0 Å². The van der Waals surface area contributed by atoms with E-state index in [1.54, 1.807) is 6.07 Å². The topological polar surface area (TPSA) is 24.1 Å². The summed E-state index contributed by atoms with van der Waals surface area (Å²) in [6.45, 7) is -0.0243. The molecule has 0 aliphatic carbocycles. The van der Waals surface area contributed by atoms with Gasteiger partial charge in [0, 0.05) is 16.8 Å². The van der Waals surface area contributed by atoms with Gasteiger partial charge in [0.25, 0.3) is 0 Å². The van der Waals surface area contributed by atoms with Crippen molar-refractivity contribution >= 4 is 35.2 Å². The summed E-state index contributed by atoms with van der Waals surface area (Å²) in [5, 5.41) is 9.33. The van der Waals surface area contributed by atoms with Crippen molar-refractivity contribution in [2.75, 3.05) is 10.5 Å². The van der Waals surface area contributed by atoms with E-state index in [1.807, 2.05) is 30.3 Å². The van der Waals surface area contributed by atoms with Crippen LogP contribution >= 0.6 is 0 Å². The molecule has 0 fully saturated rings. The molecule has 2 N–H and O–H groups in total. The van der Waals surface area contributed by atoms with E-state index in [9.17, 15) is 4.39 Å². The molecule has 106 valence electrons. The summed E-state index contributed by atoms with van der Waals surface area (Å²) < 4.78 is 13.2. The molecule has 1 heterocycles. The predicted octanol–water partition coefficient (Wildman–Crippen LogP) is 4.56. The SMILES string of the molecule is Fc1cccc(/C=C\B2Nc3cccc4cccc(c34)N2)c1. The van der Waals surface area contributed by atoms with Crippen LogP contribution in [0.5, 0.6) is 0 Å². The Morgan fingerprint density at radius 1 is 0.864 bits per heavy atom. The zero-order chi connectivity index (χ0) is 14.9. The van der Waals surface area contributed by atoms with E-state index in [0.29, 0.717) is 0 Å². The third-order valence-electron chi connectivity index (χ3n) is 3.86. The molecule has 0 spiro atoms. The van der Waals surface area contributed by atoms with Crippen molar-refractivity contribution in [1.82, 2.24) is 0 Å². The van der Waals surface area contributed by atoms with E-state index in [0.717, 1.165) is 16.9 Å². The molecule has 0 saturated heterocycles. The Bertz CT molecular complexity index is 835. The van der Waals surface area contributed by atoms with Crippen molar-refractivity contribution in [2.45, 2.75) is 0 Å². The maximum absolute atomic E-state index is 13.2. The monoisotopic (exact) mass is 288 g/mol. The quantitative estimate of drug-likeness (QED) is 0.676. The Kier molecular flexibility index (Phi) is 3.08. The fourth-order valence-corrected chi connectivity index (χ4v) is 2.87. The third-order valence-corrected chi connectivity index (χ3v) is 3.86. The Morgan fingerprint density at radius 3 is 2.23 bits per heavy atom. The van der Waals surface area contributed by atoms with Crippen LogP contribution in [-0.4, -0.2) is 6.98 Å². The molecule has 0 radical (unpaired) electrons. The van der Waals surface area contributed by atoms with Gasteiger partial charge in [0.15, 0.2) is 0 Å². The molecule has 22 heavy (non-hydrogen) atoms. The molecule has 1 aliphatic rings. The van der Waals surface area contributed by atoms with Gasteiger partial charge in [-0.3, -0.25) is 0 Å². The van der Waals surface area contributed by atoms with E-state index >= 15 is 0 Å². The summed E-state index contributed by atoms with van der Waals surface area (Å²) in [6, 6.07) is 19.0. The molecule has 0 amide bonds. The smallest absolute Gasteiger partial charge is 0.398 e. The van der Waals surface area contributed by atoms with Gasteiger partial charge in [-0.15, -0.1) is 0 Å². The van der Waals surface area contributed by atoms with Crippen LogP contribution in [0.1, 0.15) is 5.56 Å². The summed E-state index contributed by atoms with van der Waals surface area (Å²) in [7, 11) is 0. The van der Waals surface area contributed by atoms with E-state index in [2.05, 4.69) is 34.7 Å². The first-order valence-electron chi connectivity index (χ1n) is 7.28. The minimum Gasteiger partial charge on any atom is -0.405 e. The zero-order valence-corrected chi connectivity index (χ0v) is 11.9. The van der Waals surface area contributed by atoms with Gasteiger partial charge in [0.1, 0.15) is 5.82 Å². The zero-order valence-electron chi connectivity index (χ0n) is 11.9. The van der Waals surface area contributed by atoms with Gasteiger partial charge in [-0.2, -0.15) is 0 Å². The normalized spacial score (nSPS) is 13.2. The van der Waals surface area contributed by atoms with Crippen molar-refractivity contribution < 1.29 is 4.39 Å². The molecule has 3 aromatic rings. The van der Waals surface area contributed by atoms with Gasteiger partial charge in [0.2, 0.25) is 0 Å². The maximum Gasteiger partial charge on any atom is 0.398 e. The number of anilines is 2. The van der Waals surface area contributed by atoms with Gasteiger partial charge in [-0.1, -0.05) is 48.4 Å². The maximum atomic E-state index is 13.2. The lowest BCUT2D eigenvalue weighted by Crippen LogP contribution is -2.35. The fourth-order valence-electron chi connectivity index (χ4n) is 2.87. The van der Waals surface area contributed by atoms with Crippen LogP contribution in [0, 0.1) is 5.82 Å². The molecule has 3 aromatic carbocycles. The molecule has 4 rings (SSSR count). The Morgan fingerprint density at radius 2 is 1.55 bits per heavy atom. The Balaban J connectivity index is 1.64. The average molecular weight is 288 g/mol. The number of rotatable bonds is 2. The van der Waals surface area contributed by atoms with Crippen molar-refractivity contribution in [3.05, 3.63) is 78.0 Å². The molecular weight excluding hydrogens is 274 g/mol. The highest BCUT2D eigenvalue weighted by molar-refractivity contribution is 6.73. The van der Waals surface area contributed by atoms with Crippen molar-refractivity contribution in [3.63, 3.8) is 0 Å². The number of nitrogens with one attached hydrogen (secondary N) is 2. The van der Waals surface area contributed by atoms with Crippen LogP contribution in [-0.2, 0) is 0 Å². The lowest BCUT2D eigenvalue weighted by atomic mass is 9.73. The molecular formula is C18H14BFN2. The lowest BCUT2D eigenvalue weighted by Gasteiger charge is -2.24. The number of hydrogen-bond acceptors (Lipinski definition) is 2. The molecule has 2 nitrogen and oxygen atoms in total. The molecule has 0 bridgehead atoms. The lowest BCUT2D eigenvalue weighted by molar-refractivity contribution is 0.627. The molecule has 0 atom stereocenters. The standard InChI is InChI=1S/C18H14BFN2/c20-15-7-1-4-13(12-15)10-11-19-21-16-8-2-5-14-6-3-9-17(22-19)18(14)16/h1-12,21-22H/b11-10-. The van der Waals surface area contributed by atoms with Gasteiger partial charge >= 0.3 is 6.98 Å². The van der Waals surface area contributed by atoms with Crippen LogP contribution in [0.3, 0.4) is 0 Å². The summed E-state index contributed by atoms with van der Waals surface area (Å²) in [5.74, 6) is 1.78. The second-order valence-electron chi connectivity index (χ2n) is 5.39. The van der Waals surface area contributed by atoms with Crippen molar-refractivity contribution in [3.8, 4) is 0 Å². The fraction of sp³-hybridized carbons (Fsp3) is 0. The predicted molar refractivity (Wildman–Crippen MR) is 92.4 cm³/mol. The first kappa shape index (κ1) is 13.0. The van der Waals surface area contributed by atoms with Crippen molar-refractivity contribution in [1.29, 1.82) is 0 Å². The highest BCUT2D eigenvalue weighted by atomic mass is 19.1. The molecule has 4 heteroatoms. The number of hydrogen-bond donors (Lipinski definition) is 2. The van der Waals surface area contributed by atoms with Crippen LogP contribution in [0.25, 0.3) is 16.8 Å². The highest BCUT2D eigenvalue weighted by Crippen LogP contribution is 2.33. The van der Waals surface area contributed by atoms with Gasteiger partial charge in [-0.05, 0) is 35.2 Å². The third kappa shape index (κ3) is 2.33. The summed E-state index contributed by atoms with van der Waals surface area (Å²) in [4.78, 5) is 0. The highest BCUT2D eigenvalue weighted by Gasteiger charge is 2.20. The van der Waals surface area contributed by atoms with E-state index in [-0.39, 0.29) is 12.8 Å². The summed E-state index contributed by atoms with van der Waals surface area (Å²) in [6.07, 6.45) is 1.92. The van der Waals surface area contributed by atoms with Gasteiger partial charge in [0.05, 0.1) is 0 Å². The van der Waals surface area contributed by atoms with E-state index in [1.165, 1.54) is 22.9 Å². The van der Waals surface area contributed by atoms with Crippen LogP contribution in [0.2, 0.25) is 0 Å². The Labute approximate surface area is 128 Å². The molecule has 0 unspecified atom stereocenters. The van der Waals surface area contributed by atoms with Gasteiger partial charge < -0.3 is 10.5 Å². The minimum atomic E-state index is -0.221. The van der Waals surface area contributed by atoms with Crippen LogP contribution in [0.4, 0.5) is 15.8 Å². The first-order chi connectivity index (χ1) is 10.8. The summed E-state index contributed by atoms with van der Waals surface area (Å²) in [5.41, 5.74) is 3.07. The van der Waals surface area contributed by atoms with Crippen LogP contribution < -0.4 is 10.5 Å². The second-order valence-corrected chi connectivity index (χ2v) is 5.39. The second kappa shape index (κ2) is 5.22. The van der Waals surface area contributed by atoms with E-state index in [4.69, 9.17) is 0 Å². The minimum absolute atomic E-state index is 0.0243. The number of halogens is 1. The van der Waals surface area contributed by atoms with Crippen LogP contribution in [0.15, 0.2) is 66.6 Å². The number of benzene rings is 3. The molecule has 0 aromatic heterocycles. The molecule has 1 aliphatic heterocycles. The first-order valence-corrected chi connectivity index (χ1v) is 7.28. The average Bonchev–Trinajstić information content (AvgIpc) is 2.54. The molecule has 0 saturated carbocycles. The Hall–Kier alpha value is -2.75. The van der Waals surface area contributed by atoms with Gasteiger partial charge in [-0.25, -0.2) is 4.39 Å². The summed E-state index contributed by atoms with van der Waals surface area (Å²) >= 11 is 0.